The van der Waals surface area contributed by atoms with E-state index in [1.807, 2.05) is 0 Å². The molecule has 0 aromatic rings. The molecule has 2 heteroatoms. The van der Waals surface area contributed by atoms with Crippen molar-refractivity contribution in [2.45, 2.75) is 18.9 Å². The SMILES string of the molecule is C1CN2CCC12.CO. The molecular weight excluding hydrogens is 102 g/mol. The number of fused-ring (bicyclic) bond motifs is 1. The van der Waals surface area contributed by atoms with Gasteiger partial charge in [0.05, 0.1) is 0 Å². The third-order valence-electron chi connectivity index (χ3n) is 2.02. The van der Waals surface area contributed by atoms with E-state index in [1.165, 1.54) is 25.9 Å². The molecule has 2 heterocycles. The molecule has 0 aromatic carbocycles. The first-order valence-electron chi connectivity index (χ1n) is 3.15. The molecule has 8 heavy (non-hydrogen) atoms. The molecule has 2 rings (SSSR count). The molecule has 2 nitrogen and oxygen atoms in total. The van der Waals surface area contributed by atoms with Crippen molar-refractivity contribution in [1.29, 1.82) is 0 Å². The van der Waals surface area contributed by atoms with Crippen LogP contribution >= 0.6 is 0 Å². The van der Waals surface area contributed by atoms with E-state index in [4.69, 9.17) is 5.11 Å². The highest BCUT2D eigenvalue weighted by molar-refractivity contribution is 4.91. The van der Waals surface area contributed by atoms with Crippen molar-refractivity contribution < 1.29 is 5.11 Å². The molecule has 2 aliphatic heterocycles. The first-order chi connectivity index (χ1) is 3.97. The molecule has 2 aliphatic rings. The lowest BCUT2D eigenvalue weighted by Crippen LogP contribution is -2.57. The van der Waals surface area contributed by atoms with Crippen molar-refractivity contribution in [3.05, 3.63) is 0 Å². The van der Waals surface area contributed by atoms with E-state index in [9.17, 15) is 0 Å². The molecule has 0 aliphatic carbocycles. The molecule has 0 unspecified atom stereocenters. The molecule has 0 amide bonds. The summed E-state index contributed by atoms with van der Waals surface area (Å²) in [6.07, 6.45) is 2.97. The van der Waals surface area contributed by atoms with Crippen LogP contribution in [0.4, 0.5) is 0 Å². The van der Waals surface area contributed by atoms with Gasteiger partial charge in [-0.25, -0.2) is 0 Å². The Morgan fingerprint density at radius 1 is 1.25 bits per heavy atom. The van der Waals surface area contributed by atoms with E-state index < -0.39 is 0 Å². The summed E-state index contributed by atoms with van der Waals surface area (Å²) < 4.78 is 0. The number of hydrogen-bond acceptors (Lipinski definition) is 2. The Morgan fingerprint density at radius 3 is 1.62 bits per heavy atom. The van der Waals surface area contributed by atoms with E-state index in [-0.39, 0.29) is 0 Å². The summed E-state index contributed by atoms with van der Waals surface area (Å²) in [5, 5.41) is 7.00. The van der Waals surface area contributed by atoms with Crippen molar-refractivity contribution >= 4 is 0 Å². The van der Waals surface area contributed by atoms with Crippen LogP contribution in [0.5, 0.6) is 0 Å². The number of aliphatic hydroxyl groups is 1. The zero-order chi connectivity index (χ0) is 5.98. The lowest BCUT2D eigenvalue weighted by molar-refractivity contribution is -0.00222. The van der Waals surface area contributed by atoms with Crippen LogP contribution in [0.2, 0.25) is 0 Å². The molecule has 0 aromatic heterocycles. The van der Waals surface area contributed by atoms with Gasteiger partial charge in [0.15, 0.2) is 0 Å². The fraction of sp³-hybridized carbons (Fsp3) is 1.00. The van der Waals surface area contributed by atoms with Gasteiger partial charge in [-0.3, -0.25) is 0 Å². The van der Waals surface area contributed by atoms with Gasteiger partial charge >= 0.3 is 0 Å². The smallest absolute Gasteiger partial charge is 0.0319 e. The van der Waals surface area contributed by atoms with Crippen LogP contribution in [-0.2, 0) is 0 Å². The average molecular weight is 115 g/mol. The van der Waals surface area contributed by atoms with Gasteiger partial charge in [-0.05, 0) is 25.9 Å². The summed E-state index contributed by atoms with van der Waals surface area (Å²) in [6.45, 7) is 2.79. The molecule has 2 fully saturated rings. The Balaban J connectivity index is 0.000000147. The lowest BCUT2D eigenvalue weighted by Gasteiger charge is -2.50. The second kappa shape index (κ2) is 2.46. The highest BCUT2D eigenvalue weighted by Crippen LogP contribution is 2.28. The lowest BCUT2D eigenvalue weighted by atomic mass is 9.91. The summed E-state index contributed by atoms with van der Waals surface area (Å²) in [6, 6.07) is 1.05. The summed E-state index contributed by atoms with van der Waals surface area (Å²) in [4.78, 5) is 2.53. The molecule has 48 valence electrons. The molecule has 0 bridgehead atoms. The number of hydrogen-bond donors (Lipinski definition) is 1. The highest BCUT2D eigenvalue weighted by Gasteiger charge is 2.34. The van der Waals surface area contributed by atoms with E-state index in [0.717, 1.165) is 13.2 Å². The van der Waals surface area contributed by atoms with Gasteiger partial charge in [0.25, 0.3) is 0 Å². The fourth-order valence-electron chi connectivity index (χ4n) is 1.24. The second-order valence-electron chi connectivity index (χ2n) is 2.27. The third kappa shape index (κ3) is 0.740. The van der Waals surface area contributed by atoms with E-state index >= 15 is 0 Å². The molecule has 0 atom stereocenters. The minimum absolute atomic E-state index is 1.00. The van der Waals surface area contributed by atoms with Gasteiger partial charge in [-0.15, -0.1) is 0 Å². The number of piperidine rings is 1. The van der Waals surface area contributed by atoms with Crippen molar-refractivity contribution in [2.75, 3.05) is 20.2 Å². The zero-order valence-electron chi connectivity index (χ0n) is 5.30. The molecule has 0 saturated carbocycles. The third-order valence-corrected chi connectivity index (χ3v) is 2.02. The maximum Gasteiger partial charge on any atom is 0.0319 e. The van der Waals surface area contributed by atoms with Gasteiger partial charge in [0.2, 0.25) is 0 Å². The van der Waals surface area contributed by atoms with E-state index in [2.05, 4.69) is 4.90 Å². The van der Waals surface area contributed by atoms with Gasteiger partial charge in [0, 0.05) is 13.2 Å². The molecule has 0 spiro atoms. The Hall–Kier alpha value is -0.0800. The van der Waals surface area contributed by atoms with Crippen LogP contribution in [0.3, 0.4) is 0 Å². The first kappa shape index (κ1) is 6.05. The molecular formula is C6H13NO. The summed E-state index contributed by atoms with van der Waals surface area (Å²) in [7, 11) is 1.00. The van der Waals surface area contributed by atoms with Crippen LogP contribution in [0.15, 0.2) is 0 Å². The molecule has 1 N–H and O–H groups in total. The maximum absolute atomic E-state index is 7.00. The Morgan fingerprint density at radius 2 is 1.62 bits per heavy atom. The van der Waals surface area contributed by atoms with Crippen molar-refractivity contribution in [3.63, 3.8) is 0 Å². The van der Waals surface area contributed by atoms with Crippen LogP contribution in [-0.4, -0.2) is 36.2 Å². The van der Waals surface area contributed by atoms with Crippen LogP contribution in [0, 0.1) is 0 Å². The van der Waals surface area contributed by atoms with E-state index in [1.54, 1.807) is 0 Å². The largest absolute Gasteiger partial charge is 0.400 e. The molecule has 0 radical (unpaired) electrons. The quantitative estimate of drug-likeness (QED) is 0.483. The van der Waals surface area contributed by atoms with Crippen LogP contribution in [0.25, 0.3) is 0 Å². The minimum atomic E-state index is 1.00. The predicted octanol–water partition coefficient (Wildman–Crippen LogP) is 0.0729. The zero-order valence-corrected chi connectivity index (χ0v) is 5.30. The van der Waals surface area contributed by atoms with Gasteiger partial charge < -0.3 is 10.0 Å². The van der Waals surface area contributed by atoms with Crippen LogP contribution < -0.4 is 0 Å². The van der Waals surface area contributed by atoms with Crippen molar-refractivity contribution in [3.8, 4) is 0 Å². The highest BCUT2D eigenvalue weighted by atomic mass is 16.2. The summed E-state index contributed by atoms with van der Waals surface area (Å²) in [5.41, 5.74) is 0. The average Bonchev–Trinajstić information content (AvgIpc) is 1.83. The number of nitrogens with zero attached hydrogens (tertiary/aromatic N) is 1. The number of rotatable bonds is 0. The Kier molecular flexibility index (Phi) is 1.86. The predicted molar refractivity (Wildman–Crippen MR) is 32.7 cm³/mol. The van der Waals surface area contributed by atoms with Gasteiger partial charge in [-0.2, -0.15) is 0 Å². The molecule has 2 saturated heterocycles. The maximum atomic E-state index is 7.00. The van der Waals surface area contributed by atoms with Gasteiger partial charge in [0.1, 0.15) is 0 Å². The second-order valence-corrected chi connectivity index (χ2v) is 2.27. The standard InChI is InChI=1S/C5H9N.CH4O/c1-3-6-4-2-5(1)6;1-2/h5H,1-4H2;2H,1H3. The Bertz CT molecular complexity index is 56.9. The minimum Gasteiger partial charge on any atom is -0.400 e. The summed E-state index contributed by atoms with van der Waals surface area (Å²) in [5.74, 6) is 0. The summed E-state index contributed by atoms with van der Waals surface area (Å²) >= 11 is 0. The van der Waals surface area contributed by atoms with E-state index in [0.29, 0.717) is 0 Å². The Labute approximate surface area is 50.1 Å². The first-order valence-corrected chi connectivity index (χ1v) is 3.15. The van der Waals surface area contributed by atoms with Gasteiger partial charge in [-0.1, -0.05) is 0 Å². The monoisotopic (exact) mass is 115 g/mol. The number of aliphatic hydroxyl groups excluding tert-OH is 1. The normalized spacial score (nSPS) is 26.2. The van der Waals surface area contributed by atoms with Crippen LogP contribution in [0.1, 0.15) is 12.8 Å². The van der Waals surface area contributed by atoms with Crippen molar-refractivity contribution in [2.24, 2.45) is 0 Å². The topological polar surface area (TPSA) is 23.5 Å². The fourth-order valence-corrected chi connectivity index (χ4v) is 1.24. The van der Waals surface area contributed by atoms with Crippen molar-refractivity contribution in [1.82, 2.24) is 4.90 Å².